The van der Waals surface area contributed by atoms with Crippen molar-refractivity contribution in [3.63, 3.8) is 0 Å². The molecule has 29 heavy (non-hydrogen) atoms. The lowest BCUT2D eigenvalue weighted by atomic mass is 9.92. The fourth-order valence-corrected chi connectivity index (χ4v) is 3.05. The number of hydrogen-bond acceptors (Lipinski definition) is 4. The van der Waals surface area contributed by atoms with E-state index in [9.17, 15) is 14.9 Å². The molecule has 146 valence electrons. The summed E-state index contributed by atoms with van der Waals surface area (Å²) in [5.41, 5.74) is 7.04. The number of primary amides is 1. The first-order chi connectivity index (χ1) is 14.0. The number of anilines is 2. The predicted octanol–water partition coefficient (Wildman–Crippen LogP) is 3.32. The molecule has 4 N–H and O–H groups in total. The average Bonchev–Trinajstić information content (AvgIpc) is 3.10. The van der Waals surface area contributed by atoms with Crippen molar-refractivity contribution in [3.05, 3.63) is 76.9 Å². The van der Waals surface area contributed by atoms with Gasteiger partial charge in [0.2, 0.25) is 5.91 Å². The second-order valence-electron chi connectivity index (χ2n) is 6.15. The number of halogens is 1. The van der Waals surface area contributed by atoms with Crippen molar-refractivity contribution in [2.24, 2.45) is 5.73 Å². The van der Waals surface area contributed by atoms with Crippen LogP contribution in [0.5, 0.6) is 0 Å². The van der Waals surface area contributed by atoms with Crippen LogP contribution in [0.4, 0.5) is 16.3 Å². The van der Waals surface area contributed by atoms with Crippen LogP contribution in [-0.2, 0) is 11.3 Å². The number of aromatic nitrogens is 2. The molecule has 1 heterocycles. The molecule has 0 radical (unpaired) electrons. The van der Waals surface area contributed by atoms with Crippen LogP contribution in [0.2, 0.25) is 5.02 Å². The zero-order valence-corrected chi connectivity index (χ0v) is 15.9. The third kappa shape index (κ3) is 5.12. The number of nitriles is 1. The number of urea groups is 1. The highest BCUT2D eigenvalue weighted by Crippen LogP contribution is 2.31. The van der Waals surface area contributed by atoms with Gasteiger partial charge < -0.3 is 11.1 Å². The van der Waals surface area contributed by atoms with Crippen molar-refractivity contribution in [2.45, 2.75) is 12.5 Å². The quantitative estimate of drug-likeness (QED) is 0.578. The Labute approximate surface area is 171 Å². The SMILES string of the molecule is N#CC(c1ccccc1)c1ccc(NC(=O)Nc2ccn(CC(N)=O)n2)cc1Cl. The minimum atomic E-state index is -0.537. The van der Waals surface area contributed by atoms with Crippen LogP contribution < -0.4 is 16.4 Å². The molecular formula is C20H17ClN6O2. The first kappa shape index (κ1) is 19.9. The standard InChI is InChI=1S/C20H17ClN6O2/c21-17-10-14(6-7-15(17)16(11-22)13-4-2-1-3-5-13)24-20(29)25-19-8-9-27(26-19)12-18(23)28/h1-10,16H,12H2,(H2,23,28)(H2,24,25,26,29). The number of nitrogens with one attached hydrogen (secondary N) is 2. The summed E-state index contributed by atoms with van der Waals surface area (Å²) >= 11 is 6.37. The second-order valence-corrected chi connectivity index (χ2v) is 6.56. The number of carbonyl (C=O) groups is 2. The van der Waals surface area contributed by atoms with Crippen LogP contribution in [0.25, 0.3) is 0 Å². The van der Waals surface area contributed by atoms with Gasteiger partial charge in [-0.1, -0.05) is 48.0 Å². The van der Waals surface area contributed by atoms with Gasteiger partial charge in [0, 0.05) is 23.0 Å². The number of hydrogen-bond donors (Lipinski definition) is 3. The van der Waals surface area contributed by atoms with Gasteiger partial charge in [0.05, 0.1) is 12.0 Å². The summed E-state index contributed by atoms with van der Waals surface area (Å²) in [6.07, 6.45) is 1.53. The van der Waals surface area contributed by atoms with Gasteiger partial charge in [-0.25, -0.2) is 4.79 Å². The monoisotopic (exact) mass is 408 g/mol. The van der Waals surface area contributed by atoms with Gasteiger partial charge in [0.1, 0.15) is 6.54 Å². The fourth-order valence-electron chi connectivity index (χ4n) is 2.76. The Morgan fingerprint density at radius 1 is 1.17 bits per heavy atom. The van der Waals surface area contributed by atoms with E-state index >= 15 is 0 Å². The van der Waals surface area contributed by atoms with Crippen LogP contribution in [0.3, 0.4) is 0 Å². The lowest BCUT2D eigenvalue weighted by Gasteiger charge is -2.13. The molecule has 9 heteroatoms. The van der Waals surface area contributed by atoms with Gasteiger partial charge in [0.25, 0.3) is 0 Å². The summed E-state index contributed by atoms with van der Waals surface area (Å²) in [5.74, 6) is -0.786. The van der Waals surface area contributed by atoms with Crippen molar-refractivity contribution in [2.75, 3.05) is 10.6 Å². The molecule has 0 fully saturated rings. The highest BCUT2D eigenvalue weighted by molar-refractivity contribution is 6.31. The maximum atomic E-state index is 12.2. The highest BCUT2D eigenvalue weighted by atomic mass is 35.5. The van der Waals surface area contributed by atoms with Crippen LogP contribution >= 0.6 is 11.6 Å². The van der Waals surface area contributed by atoms with Gasteiger partial charge in [-0.3, -0.25) is 14.8 Å². The molecule has 3 rings (SSSR count). The molecule has 0 bridgehead atoms. The number of benzene rings is 2. The van der Waals surface area contributed by atoms with Crippen molar-refractivity contribution >= 4 is 35.0 Å². The molecule has 1 unspecified atom stereocenters. The third-order valence-electron chi connectivity index (χ3n) is 4.03. The molecule has 1 atom stereocenters. The topological polar surface area (TPSA) is 126 Å². The smallest absolute Gasteiger partial charge is 0.324 e. The van der Waals surface area contributed by atoms with E-state index in [-0.39, 0.29) is 12.4 Å². The molecule has 3 aromatic rings. The van der Waals surface area contributed by atoms with E-state index in [0.717, 1.165) is 5.56 Å². The van der Waals surface area contributed by atoms with Crippen molar-refractivity contribution in [3.8, 4) is 6.07 Å². The third-order valence-corrected chi connectivity index (χ3v) is 4.36. The summed E-state index contributed by atoms with van der Waals surface area (Å²) in [4.78, 5) is 23.1. The molecule has 8 nitrogen and oxygen atoms in total. The summed E-state index contributed by atoms with van der Waals surface area (Å²) in [7, 11) is 0. The Bertz CT molecular complexity index is 1070. The number of nitrogens with two attached hydrogens (primary N) is 1. The van der Waals surface area contributed by atoms with Crippen LogP contribution in [0, 0.1) is 11.3 Å². The summed E-state index contributed by atoms with van der Waals surface area (Å²) < 4.78 is 1.31. The minimum absolute atomic E-state index is 0.0815. The molecule has 0 aliphatic rings. The van der Waals surface area contributed by atoms with E-state index in [1.807, 2.05) is 30.3 Å². The fraction of sp³-hybridized carbons (Fsp3) is 0.100. The Kier molecular flexibility index (Phi) is 6.12. The molecule has 0 saturated carbocycles. The summed E-state index contributed by atoms with van der Waals surface area (Å²) in [5, 5.41) is 19.1. The zero-order chi connectivity index (χ0) is 20.8. The first-order valence-electron chi connectivity index (χ1n) is 8.60. The van der Waals surface area contributed by atoms with E-state index in [0.29, 0.717) is 16.3 Å². The van der Waals surface area contributed by atoms with E-state index in [4.69, 9.17) is 17.3 Å². The molecule has 1 aromatic heterocycles. The average molecular weight is 409 g/mol. The van der Waals surface area contributed by atoms with Gasteiger partial charge in [-0.15, -0.1) is 0 Å². The predicted molar refractivity (Wildman–Crippen MR) is 109 cm³/mol. The van der Waals surface area contributed by atoms with E-state index in [1.165, 1.54) is 16.9 Å². The van der Waals surface area contributed by atoms with E-state index in [1.54, 1.807) is 18.2 Å². The van der Waals surface area contributed by atoms with Crippen LogP contribution in [-0.4, -0.2) is 21.7 Å². The highest BCUT2D eigenvalue weighted by Gasteiger charge is 2.17. The Morgan fingerprint density at radius 2 is 1.93 bits per heavy atom. The maximum Gasteiger partial charge on any atom is 0.324 e. The van der Waals surface area contributed by atoms with E-state index in [2.05, 4.69) is 21.8 Å². The molecule has 0 aliphatic heterocycles. The molecule has 0 spiro atoms. The van der Waals surface area contributed by atoms with Crippen LogP contribution in [0.15, 0.2) is 60.8 Å². The molecule has 0 saturated heterocycles. The normalized spacial score (nSPS) is 11.3. The molecular weight excluding hydrogens is 392 g/mol. The van der Waals surface area contributed by atoms with Gasteiger partial charge in [-0.2, -0.15) is 10.4 Å². The lowest BCUT2D eigenvalue weighted by Crippen LogP contribution is -2.21. The van der Waals surface area contributed by atoms with Crippen molar-refractivity contribution < 1.29 is 9.59 Å². The van der Waals surface area contributed by atoms with Gasteiger partial charge >= 0.3 is 6.03 Å². The number of rotatable bonds is 6. The minimum Gasteiger partial charge on any atom is -0.368 e. The Hall–Kier alpha value is -3.83. The molecule has 3 amide bonds. The molecule has 0 aliphatic carbocycles. The number of carbonyl (C=O) groups excluding carboxylic acids is 2. The van der Waals surface area contributed by atoms with E-state index < -0.39 is 17.9 Å². The second kappa shape index (κ2) is 8.91. The van der Waals surface area contributed by atoms with Crippen LogP contribution in [0.1, 0.15) is 17.0 Å². The van der Waals surface area contributed by atoms with Crippen molar-refractivity contribution in [1.82, 2.24) is 9.78 Å². The van der Waals surface area contributed by atoms with Gasteiger partial charge in [0.15, 0.2) is 5.82 Å². The van der Waals surface area contributed by atoms with Crippen molar-refractivity contribution in [1.29, 1.82) is 5.26 Å². The number of amides is 3. The Morgan fingerprint density at radius 3 is 2.59 bits per heavy atom. The largest absolute Gasteiger partial charge is 0.368 e. The Balaban J connectivity index is 1.68. The van der Waals surface area contributed by atoms with Gasteiger partial charge in [-0.05, 0) is 23.3 Å². The molecule has 2 aromatic carbocycles. The first-order valence-corrected chi connectivity index (χ1v) is 8.98. The lowest BCUT2D eigenvalue weighted by molar-refractivity contribution is -0.118. The maximum absolute atomic E-state index is 12.2. The summed E-state index contributed by atoms with van der Waals surface area (Å²) in [6, 6.07) is 17.5. The summed E-state index contributed by atoms with van der Waals surface area (Å²) in [6.45, 7) is -0.0815. The zero-order valence-electron chi connectivity index (χ0n) is 15.2. The number of nitrogens with zero attached hydrogens (tertiary/aromatic N) is 3.